The van der Waals surface area contributed by atoms with E-state index >= 15 is 0 Å². The fourth-order valence-corrected chi connectivity index (χ4v) is 8.56. The third-order valence-corrected chi connectivity index (χ3v) is 11.5. The molecule has 0 N–H and O–H groups in total. The van der Waals surface area contributed by atoms with Crippen LogP contribution in [0.15, 0.2) is 206 Å². The fourth-order valence-electron chi connectivity index (χ4n) is 8.56. The Morgan fingerprint density at radius 1 is 0.288 bits per heavy atom. The van der Waals surface area contributed by atoms with Gasteiger partial charge in [-0.3, -0.25) is 4.98 Å². The topological polar surface area (TPSA) is 38.7 Å². The summed E-state index contributed by atoms with van der Waals surface area (Å²) in [4.78, 5) is 15.3. The SMILES string of the molecule is Cc1cccc(-c2ccc(-c3ccc(-c4cc(-c5nc(-c6ccccc6)cc(-c6ccccc6)n5)cc(-c5cc6cccc7ccc8cccc5c8c76)c4)cc3)cc2)n1. The van der Waals surface area contributed by atoms with Crippen molar-refractivity contribution in [1.29, 1.82) is 0 Å². The largest absolute Gasteiger partial charge is 0.253 e. The van der Waals surface area contributed by atoms with Crippen LogP contribution < -0.4 is 0 Å². The average Bonchev–Trinajstić information content (AvgIpc) is 3.31. The quantitative estimate of drug-likeness (QED) is 0.152. The molecule has 59 heavy (non-hydrogen) atoms. The minimum Gasteiger partial charge on any atom is -0.253 e. The van der Waals surface area contributed by atoms with Crippen LogP contribution in [0.3, 0.4) is 0 Å². The van der Waals surface area contributed by atoms with E-state index in [1.54, 1.807) is 0 Å². The van der Waals surface area contributed by atoms with E-state index in [1.165, 1.54) is 37.9 Å². The normalized spacial score (nSPS) is 11.5. The Morgan fingerprint density at radius 2 is 0.797 bits per heavy atom. The molecular weight excluding hydrogens is 715 g/mol. The van der Waals surface area contributed by atoms with Crippen molar-refractivity contribution >= 4 is 32.3 Å². The number of rotatable bonds is 7. The first-order valence-corrected chi connectivity index (χ1v) is 20.1. The minimum absolute atomic E-state index is 0.685. The van der Waals surface area contributed by atoms with Gasteiger partial charge in [-0.1, -0.05) is 164 Å². The Morgan fingerprint density at radius 3 is 1.44 bits per heavy atom. The van der Waals surface area contributed by atoms with Crippen LogP contribution in [-0.2, 0) is 0 Å². The molecule has 2 aromatic heterocycles. The molecule has 11 aromatic rings. The summed E-state index contributed by atoms with van der Waals surface area (Å²) in [5.74, 6) is 0.685. The van der Waals surface area contributed by atoms with Gasteiger partial charge in [-0.05, 0) is 115 Å². The predicted octanol–water partition coefficient (Wildman–Crippen LogP) is 14.7. The summed E-state index contributed by atoms with van der Waals surface area (Å²) in [5, 5.41) is 7.58. The van der Waals surface area contributed by atoms with Gasteiger partial charge in [-0.2, -0.15) is 0 Å². The lowest BCUT2D eigenvalue weighted by atomic mass is 9.87. The molecule has 0 saturated heterocycles. The second kappa shape index (κ2) is 14.3. The predicted molar refractivity (Wildman–Crippen MR) is 246 cm³/mol. The van der Waals surface area contributed by atoms with Gasteiger partial charge in [-0.25, -0.2) is 9.97 Å². The fraction of sp³-hybridized carbons (Fsp3) is 0.0179. The molecule has 11 rings (SSSR count). The molecule has 0 aliphatic carbocycles. The number of hydrogen-bond donors (Lipinski definition) is 0. The van der Waals surface area contributed by atoms with Crippen molar-refractivity contribution < 1.29 is 0 Å². The Labute approximate surface area is 343 Å². The molecule has 0 bridgehead atoms. The summed E-state index contributed by atoms with van der Waals surface area (Å²) in [7, 11) is 0. The van der Waals surface area contributed by atoms with Crippen LogP contribution in [0.25, 0.3) is 111 Å². The molecule has 0 spiro atoms. The number of pyridine rings is 1. The zero-order valence-corrected chi connectivity index (χ0v) is 32.5. The second-order valence-corrected chi connectivity index (χ2v) is 15.3. The van der Waals surface area contributed by atoms with Gasteiger partial charge in [0, 0.05) is 27.9 Å². The Hall–Kier alpha value is -7.75. The summed E-state index contributed by atoms with van der Waals surface area (Å²) in [6.07, 6.45) is 0. The summed E-state index contributed by atoms with van der Waals surface area (Å²) in [6.45, 7) is 2.03. The number of hydrogen-bond acceptors (Lipinski definition) is 3. The molecular formula is C56H37N3. The molecule has 0 radical (unpaired) electrons. The molecule has 0 aliphatic heterocycles. The van der Waals surface area contributed by atoms with Crippen molar-refractivity contribution in [3.63, 3.8) is 0 Å². The van der Waals surface area contributed by atoms with Gasteiger partial charge >= 0.3 is 0 Å². The Bertz CT molecular complexity index is 3240. The summed E-state index contributed by atoms with van der Waals surface area (Å²) < 4.78 is 0. The van der Waals surface area contributed by atoms with E-state index in [1.807, 2.05) is 25.1 Å². The molecule has 2 heterocycles. The highest BCUT2D eigenvalue weighted by Gasteiger charge is 2.17. The van der Waals surface area contributed by atoms with E-state index in [-0.39, 0.29) is 0 Å². The van der Waals surface area contributed by atoms with E-state index in [2.05, 4.69) is 188 Å². The summed E-state index contributed by atoms with van der Waals surface area (Å²) >= 11 is 0. The number of benzene rings is 9. The molecule has 3 heteroatoms. The number of aryl methyl sites for hydroxylation is 1. The van der Waals surface area contributed by atoms with Crippen molar-refractivity contribution in [2.75, 3.05) is 0 Å². The van der Waals surface area contributed by atoms with E-state index < -0.39 is 0 Å². The highest BCUT2D eigenvalue weighted by molar-refractivity contribution is 6.26. The molecule has 9 aromatic carbocycles. The standard InChI is InChI=1S/C56H37N3/c1-36-11-8-20-51(57-36)42-27-25-38(26-28-42)37-21-23-39(24-22-37)46-31-47(50-34-45-18-9-16-43-29-30-44-17-10-19-49(50)55(44)54(43)45)33-48(32-46)56-58-52(40-12-4-2-5-13-40)35-53(59-56)41-14-6-3-7-15-41/h2-35H,1H3. The first-order valence-electron chi connectivity index (χ1n) is 20.1. The zero-order valence-electron chi connectivity index (χ0n) is 32.5. The molecule has 0 unspecified atom stereocenters. The van der Waals surface area contributed by atoms with Gasteiger partial charge in [-0.15, -0.1) is 0 Å². The van der Waals surface area contributed by atoms with Crippen LogP contribution in [0.5, 0.6) is 0 Å². The van der Waals surface area contributed by atoms with Crippen molar-refractivity contribution in [2.24, 2.45) is 0 Å². The van der Waals surface area contributed by atoms with Crippen molar-refractivity contribution in [1.82, 2.24) is 15.0 Å². The lowest BCUT2D eigenvalue weighted by Crippen LogP contribution is -1.97. The average molecular weight is 752 g/mol. The van der Waals surface area contributed by atoms with Gasteiger partial charge in [0.05, 0.1) is 17.1 Å². The first kappa shape index (κ1) is 34.5. The van der Waals surface area contributed by atoms with Crippen LogP contribution in [0.4, 0.5) is 0 Å². The van der Waals surface area contributed by atoms with E-state index in [0.29, 0.717) is 5.82 Å². The molecule has 0 fully saturated rings. The maximum absolute atomic E-state index is 5.28. The van der Waals surface area contributed by atoms with Crippen molar-refractivity contribution in [3.8, 4) is 78.5 Å². The van der Waals surface area contributed by atoms with Crippen LogP contribution in [0.2, 0.25) is 0 Å². The number of aromatic nitrogens is 3. The number of nitrogens with zero attached hydrogens (tertiary/aromatic N) is 3. The van der Waals surface area contributed by atoms with Crippen molar-refractivity contribution in [2.45, 2.75) is 6.92 Å². The zero-order chi connectivity index (χ0) is 39.3. The first-order chi connectivity index (χ1) is 29.1. The molecule has 0 atom stereocenters. The van der Waals surface area contributed by atoms with Gasteiger partial charge < -0.3 is 0 Å². The highest BCUT2D eigenvalue weighted by Crippen LogP contribution is 2.42. The summed E-state index contributed by atoms with van der Waals surface area (Å²) in [5.41, 5.74) is 14.8. The lowest BCUT2D eigenvalue weighted by Gasteiger charge is -2.17. The van der Waals surface area contributed by atoms with Crippen LogP contribution >= 0.6 is 0 Å². The maximum atomic E-state index is 5.28. The third kappa shape index (κ3) is 6.40. The molecule has 0 amide bonds. The second-order valence-electron chi connectivity index (χ2n) is 15.3. The van der Waals surface area contributed by atoms with Gasteiger partial charge in [0.1, 0.15) is 0 Å². The molecule has 3 nitrogen and oxygen atoms in total. The van der Waals surface area contributed by atoms with E-state index in [0.717, 1.165) is 72.8 Å². The smallest absolute Gasteiger partial charge is 0.160 e. The third-order valence-electron chi connectivity index (χ3n) is 11.5. The highest BCUT2D eigenvalue weighted by atomic mass is 14.9. The summed E-state index contributed by atoms with van der Waals surface area (Å²) in [6, 6.07) is 73.6. The van der Waals surface area contributed by atoms with Crippen LogP contribution in [-0.4, -0.2) is 15.0 Å². The maximum Gasteiger partial charge on any atom is 0.160 e. The Balaban J connectivity index is 1.09. The molecule has 0 aliphatic rings. The van der Waals surface area contributed by atoms with E-state index in [4.69, 9.17) is 15.0 Å². The van der Waals surface area contributed by atoms with Crippen LogP contribution in [0, 0.1) is 6.92 Å². The van der Waals surface area contributed by atoms with Crippen LogP contribution in [0.1, 0.15) is 5.69 Å². The van der Waals surface area contributed by atoms with Gasteiger partial charge in [0.15, 0.2) is 5.82 Å². The van der Waals surface area contributed by atoms with Crippen molar-refractivity contribution in [3.05, 3.63) is 212 Å². The minimum atomic E-state index is 0.685. The molecule has 276 valence electrons. The lowest BCUT2D eigenvalue weighted by molar-refractivity contribution is 1.18. The van der Waals surface area contributed by atoms with Gasteiger partial charge in [0.25, 0.3) is 0 Å². The van der Waals surface area contributed by atoms with Gasteiger partial charge in [0.2, 0.25) is 0 Å². The molecule has 0 saturated carbocycles. The Kier molecular flexibility index (Phi) is 8.37. The van der Waals surface area contributed by atoms with E-state index in [9.17, 15) is 0 Å². The monoisotopic (exact) mass is 751 g/mol.